The average molecular weight is 220 g/mol. The van der Waals surface area contributed by atoms with Gasteiger partial charge in [-0.25, -0.2) is 0 Å². The van der Waals surface area contributed by atoms with Crippen molar-refractivity contribution in [2.75, 3.05) is 0 Å². The molecule has 0 atom stereocenters. The third-order valence-corrected chi connectivity index (χ3v) is 3.17. The van der Waals surface area contributed by atoms with E-state index in [-0.39, 0.29) is 23.9 Å². The van der Waals surface area contributed by atoms with Crippen LogP contribution in [-0.4, -0.2) is 21.3 Å². The Labute approximate surface area is 94.6 Å². The van der Waals surface area contributed by atoms with Crippen LogP contribution in [-0.2, 0) is 11.8 Å². The minimum Gasteiger partial charge on any atom is -0.299 e. The molecule has 0 spiro atoms. The zero-order valence-electron chi connectivity index (χ0n) is 9.48. The highest BCUT2D eigenvalue weighted by molar-refractivity contribution is 6.08. The van der Waals surface area contributed by atoms with Crippen molar-refractivity contribution in [2.24, 2.45) is 13.0 Å². The van der Waals surface area contributed by atoms with Crippen LogP contribution in [0.4, 0.5) is 0 Å². The summed E-state index contributed by atoms with van der Waals surface area (Å²) in [5.41, 5.74) is 0.536. The molecule has 1 saturated carbocycles. The Hall–Kier alpha value is -1.45. The second kappa shape index (κ2) is 4.60. The molecule has 1 aromatic rings. The van der Waals surface area contributed by atoms with Crippen molar-refractivity contribution in [3.8, 4) is 0 Å². The largest absolute Gasteiger partial charge is 0.299 e. The van der Waals surface area contributed by atoms with E-state index in [9.17, 15) is 9.59 Å². The predicted octanol–water partition coefficient (Wildman–Crippen LogP) is 1.75. The van der Waals surface area contributed by atoms with Gasteiger partial charge in [-0.2, -0.15) is 5.10 Å². The smallest absolute Gasteiger partial charge is 0.173 e. The second-order valence-corrected chi connectivity index (χ2v) is 4.45. The van der Waals surface area contributed by atoms with Crippen molar-refractivity contribution in [2.45, 2.75) is 32.1 Å². The van der Waals surface area contributed by atoms with Gasteiger partial charge in [0, 0.05) is 19.2 Å². The summed E-state index contributed by atoms with van der Waals surface area (Å²) in [5, 5.41) is 3.93. The number of carbonyl (C=O) groups excluding carboxylic acids is 2. The summed E-state index contributed by atoms with van der Waals surface area (Å²) in [6, 6.07) is 0. The third kappa shape index (κ3) is 2.38. The van der Waals surface area contributed by atoms with E-state index in [2.05, 4.69) is 5.10 Å². The first-order valence-corrected chi connectivity index (χ1v) is 5.71. The first kappa shape index (κ1) is 11.0. The van der Waals surface area contributed by atoms with Gasteiger partial charge in [-0.3, -0.25) is 14.3 Å². The lowest BCUT2D eigenvalue weighted by Gasteiger charge is -2.05. The number of hydrogen-bond donors (Lipinski definition) is 0. The van der Waals surface area contributed by atoms with Crippen molar-refractivity contribution in [1.29, 1.82) is 0 Å². The topological polar surface area (TPSA) is 52.0 Å². The van der Waals surface area contributed by atoms with Crippen LogP contribution in [0.2, 0.25) is 0 Å². The number of Topliss-reactive ketones (excluding diaryl/α,β-unsaturated/α-hetero) is 2. The number of aryl methyl sites for hydroxylation is 1. The fourth-order valence-corrected chi connectivity index (χ4v) is 2.22. The van der Waals surface area contributed by atoms with E-state index in [0.29, 0.717) is 5.56 Å². The fraction of sp³-hybridized carbons (Fsp3) is 0.583. The number of hydrogen-bond acceptors (Lipinski definition) is 3. The molecular weight excluding hydrogens is 204 g/mol. The number of rotatable bonds is 4. The van der Waals surface area contributed by atoms with Crippen LogP contribution in [0.3, 0.4) is 0 Å². The molecule has 4 heteroatoms. The van der Waals surface area contributed by atoms with E-state index < -0.39 is 0 Å². The summed E-state index contributed by atoms with van der Waals surface area (Å²) in [6.45, 7) is 0. The van der Waals surface area contributed by atoms with Crippen LogP contribution < -0.4 is 0 Å². The molecule has 1 fully saturated rings. The summed E-state index contributed by atoms with van der Waals surface area (Å²) in [7, 11) is 1.76. The quantitative estimate of drug-likeness (QED) is 0.573. The van der Waals surface area contributed by atoms with Crippen LogP contribution in [0.5, 0.6) is 0 Å². The summed E-state index contributed by atoms with van der Waals surface area (Å²) in [5.74, 6) is 0.122. The molecule has 0 bridgehead atoms. The molecule has 0 saturated heterocycles. The maximum Gasteiger partial charge on any atom is 0.173 e. The Kier molecular flexibility index (Phi) is 3.17. The highest BCUT2D eigenvalue weighted by atomic mass is 16.1. The predicted molar refractivity (Wildman–Crippen MR) is 59.1 cm³/mol. The lowest BCUT2D eigenvalue weighted by atomic mass is 9.97. The van der Waals surface area contributed by atoms with Gasteiger partial charge in [0.15, 0.2) is 5.78 Å². The summed E-state index contributed by atoms with van der Waals surface area (Å²) in [6.07, 6.45) is 7.37. The van der Waals surface area contributed by atoms with E-state index in [1.807, 2.05) is 0 Å². The zero-order valence-corrected chi connectivity index (χ0v) is 9.48. The summed E-state index contributed by atoms with van der Waals surface area (Å²) in [4.78, 5) is 23.5. The Balaban J connectivity index is 1.94. The highest BCUT2D eigenvalue weighted by Gasteiger charge is 2.24. The van der Waals surface area contributed by atoms with Gasteiger partial charge in [-0.05, 0) is 12.8 Å². The van der Waals surface area contributed by atoms with Crippen molar-refractivity contribution in [3.63, 3.8) is 0 Å². The molecule has 0 radical (unpaired) electrons. The monoisotopic (exact) mass is 220 g/mol. The SMILES string of the molecule is Cn1cc(C(=O)CC(=O)C2CCCC2)cn1. The van der Waals surface area contributed by atoms with Crippen LogP contribution >= 0.6 is 0 Å². The maximum atomic E-state index is 11.8. The molecule has 4 nitrogen and oxygen atoms in total. The van der Waals surface area contributed by atoms with Crippen molar-refractivity contribution < 1.29 is 9.59 Å². The maximum absolute atomic E-state index is 11.8. The molecular formula is C12H16N2O2. The van der Waals surface area contributed by atoms with Crippen molar-refractivity contribution in [1.82, 2.24) is 9.78 Å². The molecule has 1 aromatic heterocycles. The molecule has 0 aromatic carbocycles. The van der Waals surface area contributed by atoms with E-state index >= 15 is 0 Å². The summed E-state index contributed by atoms with van der Waals surface area (Å²) < 4.78 is 1.58. The Morgan fingerprint density at radius 2 is 2.12 bits per heavy atom. The van der Waals surface area contributed by atoms with E-state index in [1.54, 1.807) is 17.9 Å². The Morgan fingerprint density at radius 3 is 2.69 bits per heavy atom. The molecule has 0 aliphatic heterocycles. The third-order valence-electron chi connectivity index (χ3n) is 3.17. The van der Waals surface area contributed by atoms with E-state index in [4.69, 9.17) is 0 Å². The molecule has 0 unspecified atom stereocenters. The van der Waals surface area contributed by atoms with Gasteiger partial charge < -0.3 is 0 Å². The highest BCUT2D eigenvalue weighted by Crippen LogP contribution is 2.26. The normalized spacial score (nSPS) is 16.6. The van der Waals surface area contributed by atoms with Gasteiger partial charge >= 0.3 is 0 Å². The van der Waals surface area contributed by atoms with Crippen molar-refractivity contribution >= 4 is 11.6 Å². The van der Waals surface area contributed by atoms with Gasteiger partial charge in [0.05, 0.1) is 18.2 Å². The van der Waals surface area contributed by atoms with Gasteiger partial charge in [-0.1, -0.05) is 12.8 Å². The number of aromatic nitrogens is 2. The molecule has 1 heterocycles. The van der Waals surface area contributed by atoms with Gasteiger partial charge in [0.1, 0.15) is 5.78 Å². The average Bonchev–Trinajstić information content (AvgIpc) is 2.87. The first-order chi connectivity index (χ1) is 7.66. The summed E-state index contributed by atoms with van der Waals surface area (Å²) >= 11 is 0. The Bertz CT molecular complexity index is 403. The number of carbonyl (C=O) groups is 2. The molecule has 86 valence electrons. The fourth-order valence-electron chi connectivity index (χ4n) is 2.22. The Morgan fingerprint density at radius 1 is 1.44 bits per heavy atom. The molecule has 16 heavy (non-hydrogen) atoms. The van der Waals surface area contributed by atoms with Gasteiger partial charge in [0.2, 0.25) is 0 Å². The van der Waals surface area contributed by atoms with Gasteiger partial charge in [-0.15, -0.1) is 0 Å². The standard InChI is InChI=1S/C12H16N2O2/c1-14-8-10(7-13-14)12(16)6-11(15)9-4-2-3-5-9/h7-9H,2-6H2,1H3. The van der Waals surface area contributed by atoms with Crippen molar-refractivity contribution in [3.05, 3.63) is 18.0 Å². The minimum absolute atomic E-state index is 0.0381. The zero-order chi connectivity index (χ0) is 11.5. The minimum atomic E-state index is -0.106. The van der Waals surface area contributed by atoms with Crippen LogP contribution in [0.15, 0.2) is 12.4 Å². The molecule has 2 rings (SSSR count). The molecule has 0 amide bonds. The van der Waals surface area contributed by atoms with Crippen LogP contribution in [0, 0.1) is 5.92 Å². The lowest BCUT2D eigenvalue weighted by Crippen LogP contribution is -2.15. The first-order valence-electron chi connectivity index (χ1n) is 5.71. The van der Waals surface area contributed by atoms with Crippen LogP contribution in [0.1, 0.15) is 42.5 Å². The second-order valence-electron chi connectivity index (χ2n) is 4.45. The lowest BCUT2D eigenvalue weighted by molar-refractivity contribution is -0.121. The number of nitrogens with zero attached hydrogens (tertiary/aromatic N) is 2. The molecule has 1 aliphatic carbocycles. The number of ketones is 2. The van der Waals surface area contributed by atoms with E-state index in [0.717, 1.165) is 25.7 Å². The molecule has 0 N–H and O–H groups in total. The van der Waals surface area contributed by atoms with Crippen LogP contribution in [0.25, 0.3) is 0 Å². The van der Waals surface area contributed by atoms with Gasteiger partial charge in [0.25, 0.3) is 0 Å². The van der Waals surface area contributed by atoms with E-state index in [1.165, 1.54) is 6.20 Å². The molecule has 1 aliphatic rings.